The largest absolute Gasteiger partial charge is 0.473 e. The fraction of sp³-hybridized carbons (Fsp3) is 0.400. The first kappa shape index (κ1) is 24.1. The predicted octanol–water partition coefficient (Wildman–Crippen LogP) is 5.63. The Morgan fingerprint density at radius 2 is 1.84 bits per heavy atom. The zero-order chi connectivity index (χ0) is 25.2. The molecule has 2 aliphatic heterocycles. The first-order valence-electron chi connectivity index (χ1n) is 13.3. The van der Waals surface area contributed by atoms with Gasteiger partial charge >= 0.3 is 0 Å². The summed E-state index contributed by atoms with van der Waals surface area (Å²) in [5.41, 5.74) is 5.09. The molecule has 4 aromatic rings. The zero-order valence-corrected chi connectivity index (χ0v) is 21.3. The summed E-state index contributed by atoms with van der Waals surface area (Å²) in [5.74, 6) is 1.80. The number of hydrogen-bond acceptors (Lipinski definition) is 5. The van der Waals surface area contributed by atoms with E-state index in [1.807, 2.05) is 18.2 Å². The molecular weight excluding hydrogens is 467 g/mol. The van der Waals surface area contributed by atoms with Crippen LogP contribution in [0.3, 0.4) is 0 Å². The minimum Gasteiger partial charge on any atom is -0.473 e. The van der Waals surface area contributed by atoms with E-state index in [1.165, 1.54) is 17.1 Å². The standard InChI is InChI=1S/C30H33FN4O2/c1-21-9-10-28-27(17-21)32-29(35(28)18-24-13-16-36-24)19-34-14-11-22(12-15-34)26-7-4-8-30(33-26)37-20-23-5-2-3-6-25(23)31/h2-10,17,22,24H,11-16,18-20H2,1H3. The number of imidazole rings is 1. The van der Waals surface area contributed by atoms with Crippen molar-refractivity contribution in [2.75, 3.05) is 19.7 Å². The van der Waals surface area contributed by atoms with E-state index >= 15 is 0 Å². The van der Waals surface area contributed by atoms with Gasteiger partial charge in [-0.15, -0.1) is 0 Å². The van der Waals surface area contributed by atoms with Crippen molar-refractivity contribution in [2.45, 2.75) is 57.9 Å². The van der Waals surface area contributed by atoms with Crippen molar-refractivity contribution in [3.8, 4) is 5.88 Å². The van der Waals surface area contributed by atoms with Crippen LogP contribution < -0.4 is 4.74 Å². The highest BCUT2D eigenvalue weighted by molar-refractivity contribution is 5.77. The van der Waals surface area contributed by atoms with Gasteiger partial charge in [0.25, 0.3) is 0 Å². The average molecular weight is 501 g/mol. The Bertz CT molecular complexity index is 1380. The minimum absolute atomic E-state index is 0.175. The van der Waals surface area contributed by atoms with Gasteiger partial charge in [0.2, 0.25) is 5.88 Å². The van der Waals surface area contributed by atoms with E-state index in [0.717, 1.165) is 69.1 Å². The highest BCUT2D eigenvalue weighted by atomic mass is 19.1. The average Bonchev–Trinajstić information content (AvgIpc) is 3.22. The molecule has 0 radical (unpaired) electrons. The van der Waals surface area contributed by atoms with Crippen LogP contribution in [0.4, 0.5) is 4.39 Å². The number of hydrogen-bond donors (Lipinski definition) is 0. The first-order valence-corrected chi connectivity index (χ1v) is 13.3. The van der Waals surface area contributed by atoms with E-state index in [-0.39, 0.29) is 12.4 Å². The summed E-state index contributed by atoms with van der Waals surface area (Å²) in [6, 6.07) is 19.1. The molecule has 0 spiro atoms. The van der Waals surface area contributed by atoms with Gasteiger partial charge in [0.15, 0.2) is 0 Å². The maximum Gasteiger partial charge on any atom is 0.213 e. The summed E-state index contributed by atoms with van der Waals surface area (Å²) in [5, 5.41) is 0. The lowest BCUT2D eigenvalue weighted by Crippen LogP contribution is -2.35. The van der Waals surface area contributed by atoms with Gasteiger partial charge in [0.05, 0.1) is 30.2 Å². The van der Waals surface area contributed by atoms with Crippen molar-refractivity contribution in [3.63, 3.8) is 0 Å². The molecule has 37 heavy (non-hydrogen) atoms. The molecule has 7 heteroatoms. The third kappa shape index (κ3) is 5.38. The predicted molar refractivity (Wildman–Crippen MR) is 141 cm³/mol. The Morgan fingerprint density at radius 3 is 2.62 bits per heavy atom. The summed E-state index contributed by atoms with van der Waals surface area (Å²) in [4.78, 5) is 12.3. The molecule has 0 amide bonds. The van der Waals surface area contributed by atoms with Gasteiger partial charge in [-0.2, -0.15) is 0 Å². The molecule has 0 bridgehead atoms. The van der Waals surface area contributed by atoms with Gasteiger partial charge in [0, 0.05) is 29.8 Å². The molecular formula is C30H33FN4O2. The fourth-order valence-corrected chi connectivity index (χ4v) is 5.34. The summed E-state index contributed by atoms with van der Waals surface area (Å²) in [6.07, 6.45) is 3.48. The SMILES string of the molecule is Cc1ccc2c(c1)nc(CN1CCC(c3cccc(OCc4ccccc4F)n3)CC1)n2CC1CCO1. The summed E-state index contributed by atoms with van der Waals surface area (Å²) in [6.45, 7) is 6.85. The molecule has 6 rings (SSSR count). The van der Waals surface area contributed by atoms with Crippen molar-refractivity contribution >= 4 is 11.0 Å². The Balaban J connectivity index is 1.10. The molecule has 2 aromatic heterocycles. The van der Waals surface area contributed by atoms with Gasteiger partial charge in [-0.3, -0.25) is 4.90 Å². The van der Waals surface area contributed by atoms with Crippen molar-refractivity contribution in [2.24, 2.45) is 0 Å². The van der Waals surface area contributed by atoms with Crippen LogP contribution in [0.2, 0.25) is 0 Å². The number of pyridine rings is 1. The van der Waals surface area contributed by atoms with Crippen molar-refractivity contribution in [1.29, 1.82) is 0 Å². The maximum absolute atomic E-state index is 13.9. The molecule has 1 atom stereocenters. The molecule has 1 unspecified atom stereocenters. The van der Waals surface area contributed by atoms with Gasteiger partial charge < -0.3 is 14.0 Å². The van der Waals surface area contributed by atoms with Crippen LogP contribution in [0, 0.1) is 12.7 Å². The highest BCUT2D eigenvalue weighted by Gasteiger charge is 2.26. The Labute approximate surface area is 217 Å². The quantitative estimate of drug-likeness (QED) is 0.314. The van der Waals surface area contributed by atoms with E-state index in [1.54, 1.807) is 12.1 Å². The summed E-state index contributed by atoms with van der Waals surface area (Å²) < 4.78 is 27.9. The number of fused-ring (bicyclic) bond motifs is 1. The number of benzene rings is 2. The first-order chi connectivity index (χ1) is 18.1. The molecule has 0 N–H and O–H groups in total. The number of halogens is 1. The van der Waals surface area contributed by atoms with Crippen molar-refractivity contribution < 1.29 is 13.9 Å². The number of rotatable bonds is 8. The molecule has 192 valence electrons. The molecule has 2 fully saturated rings. The van der Waals surface area contributed by atoms with Crippen LogP contribution in [0.25, 0.3) is 11.0 Å². The highest BCUT2D eigenvalue weighted by Crippen LogP contribution is 2.30. The number of likely N-dealkylation sites (tertiary alicyclic amines) is 1. The van der Waals surface area contributed by atoms with Crippen molar-refractivity contribution in [3.05, 3.63) is 89.1 Å². The lowest BCUT2D eigenvalue weighted by Gasteiger charge is -2.32. The lowest BCUT2D eigenvalue weighted by molar-refractivity contribution is -0.0592. The van der Waals surface area contributed by atoms with Crippen LogP contribution in [0.1, 0.15) is 47.8 Å². The minimum atomic E-state index is -0.255. The van der Waals surface area contributed by atoms with Gasteiger partial charge in [-0.1, -0.05) is 30.3 Å². The monoisotopic (exact) mass is 500 g/mol. The van der Waals surface area contributed by atoms with Crippen molar-refractivity contribution in [1.82, 2.24) is 19.4 Å². The summed E-state index contributed by atoms with van der Waals surface area (Å²) in [7, 11) is 0. The smallest absolute Gasteiger partial charge is 0.213 e. The Kier molecular flexibility index (Phi) is 6.89. The van der Waals surface area contributed by atoms with Gasteiger partial charge in [-0.25, -0.2) is 14.4 Å². The maximum atomic E-state index is 13.9. The van der Waals surface area contributed by atoms with Crippen LogP contribution in [-0.2, 0) is 24.4 Å². The molecule has 2 saturated heterocycles. The third-order valence-corrected chi connectivity index (χ3v) is 7.61. The van der Waals surface area contributed by atoms with Gasteiger partial charge in [-0.05, 0) is 69.1 Å². The van der Waals surface area contributed by atoms with E-state index in [2.05, 4.69) is 40.7 Å². The third-order valence-electron chi connectivity index (χ3n) is 7.61. The summed E-state index contributed by atoms with van der Waals surface area (Å²) >= 11 is 0. The Morgan fingerprint density at radius 1 is 1.00 bits per heavy atom. The van der Waals surface area contributed by atoms with Gasteiger partial charge in [0.1, 0.15) is 18.2 Å². The van der Waals surface area contributed by atoms with E-state index < -0.39 is 0 Å². The molecule has 4 heterocycles. The number of nitrogens with zero attached hydrogens (tertiary/aromatic N) is 4. The number of ether oxygens (including phenoxy) is 2. The van der Waals surface area contributed by atoms with Crippen LogP contribution >= 0.6 is 0 Å². The van der Waals surface area contributed by atoms with E-state index in [4.69, 9.17) is 19.4 Å². The zero-order valence-electron chi connectivity index (χ0n) is 21.3. The second-order valence-electron chi connectivity index (χ2n) is 10.2. The molecule has 0 saturated carbocycles. The van der Waals surface area contributed by atoms with E-state index in [9.17, 15) is 4.39 Å². The normalized spacial score (nSPS) is 18.7. The number of aryl methyl sites for hydroxylation is 1. The van der Waals surface area contributed by atoms with Crippen LogP contribution in [0.15, 0.2) is 60.7 Å². The molecule has 0 aliphatic carbocycles. The van der Waals surface area contributed by atoms with Crippen LogP contribution in [0.5, 0.6) is 5.88 Å². The van der Waals surface area contributed by atoms with E-state index in [0.29, 0.717) is 23.5 Å². The molecule has 6 nitrogen and oxygen atoms in total. The fourth-order valence-electron chi connectivity index (χ4n) is 5.34. The second-order valence-corrected chi connectivity index (χ2v) is 10.2. The second kappa shape index (κ2) is 10.6. The number of aromatic nitrogens is 3. The number of piperidine rings is 1. The van der Waals surface area contributed by atoms with Crippen LogP contribution in [-0.4, -0.2) is 45.2 Å². The topological polar surface area (TPSA) is 52.4 Å². The Hall–Kier alpha value is -3.29. The molecule has 2 aromatic carbocycles. The lowest BCUT2D eigenvalue weighted by atomic mass is 9.93. The molecule has 2 aliphatic rings.